The molecule has 0 atom stereocenters. The molecule has 0 saturated carbocycles. The molecule has 0 fully saturated rings. The Morgan fingerprint density at radius 1 is 0.272 bits per heavy atom. The van der Waals surface area contributed by atoms with E-state index in [0.717, 1.165) is 120 Å². The van der Waals surface area contributed by atoms with Gasteiger partial charge in [0, 0.05) is 101 Å². The van der Waals surface area contributed by atoms with Crippen LogP contribution in [-0.2, 0) is 0 Å². The van der Waals surface area contributed by atoms with Crippen LogP contribution >= 0.6 is 0 Å². The van der Waals surface area contributed by atoms with Gasteiger partial charge in [-0.1, -0.05) is 133 Å². The first-order valence-electron chi connectivity index (χ1n) is 34.2. The van der Waals surface area contributed by atoms with Gasteiger partial charge in [0.25, 0.3) is 0 Å². The Balaban J connectivity index is 0.000000152. The van der Waals surface area contributed by atoms with Crippen LogP contribution in [0.1, 0.15) is 13.8 Å². The summed E-state index contributed by atoms with van der Waals surface area (Å²) in [5.74, 6) is 2.18. The molecule has 14 aromatic rings. The number of halogens is 2. The van der Waals surface area contributed by atoms with E-state index in [1.54, 1.807) is 52.7 Å². The van der Waals surface area contributed by atoms with Crippen LogP contribution in [0.4, 0.5) is 37.2 Å². The van der Waals surface area contributed by atoms with E-state index in [1.165, 1.54) is 46.8 Å². The summed E-state index contributed by atoms with van der Waals surface area (Å²) < 4.78 is 49.3. The van der Waals surface area contributed by atoms with E-state index < -0.39 is 0 Å². The van der Waals surface area contributed by atoms with Crippen molar-refractivity contribution in [3.8, 4) is 124 Å². The van der Waals surface area contributed by atoms with Gasteiger partial charge >= 0.3 is 0 Å². The van der Waals surface area contributed by atoms with Gasteiger partial charge in [-0.25, -0.2) is 23.7 Å². The van der Waals surface area contributed by atoms with Gasteiger partial charge in [0.15, 0.2) is 0 Å². The monoisotopic (exact) mass is 1360 g/mol. The largest absolute Gasteiger partial charge is 0.497 e. The first kappa shape index (κ1) is 70.2. The van der Waals surface area contributed by atoms with Crippen molar-refractivity contribution in [2.45, 2.75) is 13.8 Å². The molecule has 0 unspecified atom stereocenters. The molecule has 0 amide bonds. The smallest absolute Gasteiger partial charge is 0.131 e. The standard InChI is InChI=1S/C39H34N2O4.C27H24F2N2.C25H22N2/c1-42-32-19-21-34(38(25-32)44-3)36-23-28(24-37(40-36)35-22-20-33(43-2)26-39(35)45-4)27-15-17-31(18-16-27)41(29-11-7-5-8-12-29)30-13-9-6-10-14-30;1-3-31(4-2)25-15-9-19(10-16-25)22-17-26(20-5-11-23(28)12-6-20)30-27(18-22)21-7-13-24(29)14-8-21;1-27(2)23-15-13-19(14-16-23)22-17-24(20-9-5-3-6-10-20)26-25(18-22)21-11-7-4-8-12-21/h5-26H,1-4H3;5-18H,3-4H2,1-2H3;3-18H,1-2H3. The van der Waals surface area contributed by atoms with Crippen LogP contribution in [0.15, 0.2) is 315 Å². The fourth-order valence-electron chi connectivity index (χ4n) is 12.2. The molecule has 3 heterocycles. The number of ether oxygens (including phenoxy) is 4. The van der Waals surface area contributed by atoms with Crippen LogP contribution in [-0.4, -0.2) is 70.6 Å². The van der Waals surface area contributed by atoms with E-state index in [1.807, 2.05) is 72.8 Å². The zero-order chi connectivity index (χ0) is 71.6. The third kappa shape index (κ3) is 17.1. The van der Waals surface area contributed by atoms with Crippen molar-refractivity contribution < 1.29 is 27.7 Å². The van der Waals surface area contributed by atoms with E-state index in [-0.39, 0.29) is 11.6 Å². The number of methoxy groups -OCH3 is 4. The SMILES string of the molecule is CCN(CC)c1ccc(-c2cc(-c3ccc(F)cc3)nc(-c3ccc(F)cc3)c2)cc1.CN(C)c1ccc(-c2cc(-c3ccccc3)nc(-c3ccccc3)c2)cc1.COc1ccc(-c2cc(-c3ccc(N(c4ccccc4)c4ccccc4)cc3)cc(-c3ccc(OC)cc3OC)n2)c(OC)c1. The maximum atomic E-state index is 13.4. The van der Waals surface area contributed by atoms with Gasteiger partial charge in [0.2, 0.25) is 0 Å². The van der Waals surface area contributed by atoms with Crippen LogP contribution in [0.3, 0.4) is 0 Å². The second-order valence-electron chi connectivity index (χ2n) is 24.5. The molecule has 0 aliphatic rings. The summed E-state index contributed by atoms with van der Waals surface area (Å²) in [6, 6.07) is 104. The Hall–Kier alpha value is -12.7. The highest BCUT2D eigenvalue weighted by molar-refractivity contribution is 5.84. The Labute approximate surface area is 603 Å². The van der Waals surface area contributed by atoms with E-state index >= 15 is 0 Å². The van der Waals surface area contributed by atoms with Gasteiger partial charge in [-0.2, -0.15) is 0 Å². The predicted molar refractivity (Wildman–Crippen MR) is 420 cm³/mol. The molecule has 103 heavy (non-hydrogen) atoms. The molecule has 0 bridgehead atoms. The molecule has 0 aliphatic heterocycles. The van der Waals surface area contributed by atoms with Gasteiger partial charge in [0.05, 0.1) is 62.6 Å². The van der Waals surface area contributed by atoms with Crippen molar-refractivity contribution in [2.24, 2.45) is 0 Å². The Bertz CT molecular complexity index is 4830. The number of aromatic nitrogens is 3. The summed E-state index contributed by atoms with van der Waals surface area (Å²) >= 11 is 0. The number of nitrogens with zero attached hydrogens (tertiary/aromatic N) is 6. The molecule has 0 N–H and O–H groups in total. The Morgan fingerprint density at radius 3 is 0.893 bits per heavy atom. The zero-order valence-corrected chi connectivity index (χ0v) is 59.0. The fraction of sp³-hybridized carbons (Fsp3) is 0.110. The van der Waals surface area contributed by atoms with Crippen molar-refractivity contribution in [3.63, 3.8) is 0 Å². The normalized spacial score (nSPS) is 10.7. The highest BCUT2D eigenvalue weighted by Crippen LogP contribution is 2.42. The Kier molecular flexibility index (Phi) is 22.8. The number of pyridine rings is 3. The van der Waals surface area contributed by atoms with E-state index in [9.17, 15) is 8.78 Å². The van der Waals surface area contributed by atoms with Crippen LogP contribution in [0, 0.1) is 11.6 Å². The topological polar surface area (TPSA) is 85.3 Å². The molecule has 0 saturated heterocycles. The summed E-state index contributed by atoms with van der Waals surface area (Å²) in [5.41, 5.74) is 22.7. The second-order valence-corrected chi connectivity index (χ2v) is 24.5. The van der Waals surface area contributed by atoms with E-state index in [4.69, 9.17) is 33.9 Å². The average Bonchev–Trinajstić information content (AvgIpc) is 0.791. The molecule has 12 heteroatoms. The van der Waals surface area contributed by atoms with Gasteiger partial charge in [-0.05, 0) is 217 Å². The first-order chi connectivity index (χ1) is 50.4. The first-order valence-corrected chi connectivity index (χ1v) is 34.2. The molecule has 0 aliphatic carbocycles. The molecule has 10 nitrogen and oxygen atoms in total. The van der Waals surface area contributed by atoms with E-state index in [0.29, 0.717) is 23.0 Å². The molecule has 0 radical (unpaired) electrons. The lowest BCUT2D eigenvalue weighted by Gasteiger charge is -2.25. The molecule has 512 valence electrons. The molecule has 11 aromatic carbocycles. The minimum Gasteiger partial charge on any atom is -0.497 e. The number of anilines is 5. The number of para-hydroxylation sites is 2. The summed E-state index contributed by atoms with van der Waals surface area (Å²) in [4.78, 5) is 21.5. The fourth-order valence-corrected chi connectivity index (χ4v) is 12.2. The number of hydrogen-bond acceptors (Lipinski definition) is 10. The van der Waals surface area contributed by atoms with Crippen molar-refractivity contribution in [2.75, 3.05) is 70.3 Å². The number of hydrogen-bond donors (Lipinski definition) is 0. The number of rotatable bonds is 20. The number of benzene rings is 11. The summed E-state index contributed by atoms with van der Waals surface area (Å²) in [5, 5.41) is 0. The van der Waals surface area contributed by atoms with Crippen molar-refractivity contribution in [1.82, 2.24) is 15.0 Å². The van der Waals surface area contributed by atoms with Crippen molar-refractivity contribution in [1.29, 1.82) is 0 Å². The van der Waals surface area contributed by atoms with Crippen molar-refractivity contribution in [3.05, 3.63) is 327 Å². The average molecular weight is 1360 g/mol. The molecular formula is C91H80F2N6O4. The van der Waals surface area contributed by atoms with Gasteiger partial charge in [0.1, 0.15) is 34.6 Å². The van der Waals surface area contributed by atoms with Crippen LogP contribution in [0.25, 0.3) is 101 Å². The molecule has 14 rings (SSSR count). The van der Waals surface area contributed by atoms with Crippen molar-refractivity contribution >= 4 is 28.4 Å². The van der Waals surface area contributed by atoms with Crippen LogP contribution in [0.2, 0.25) is 0 Å². The maximum absolute atomic E-state index is 13.4. The van der Waals surface area contributed by atoms with Gasteiger partial charge < -0.3 is 33.6 Å². The lowest BCUT2D eigenvalue weighted by Crippen LogP contribution is -2.21. The lowest BCUT2D eigenvalue weighted by atomic mass is 9.98. The quantitative estimate of drug-likeness (QED) is 0.0735. The molecule has 0 spiro atoms. The minimum atomic E-state index is -0.286. The van der Waals surface area contributed by atoms with Gasteiger partial charge in [-0.3, -0.25) is 0 Å². The predicted octanol–water partition coefficient (Wildman–Crippen LogP) is 22.9. The van der Waals surface area contributed by atoms with Crippen LogP contribution in [0.5, 0.6) is 23.0 Å². The summed E-state index contributed by atoms with van der Waals surface area (Å²) in [7, 11) is 10.7. The second kappa shape index (κ2) is 33.5. The van der Waals surface area contributed by atoms with Crippen LogP contribution < -0.4 is 33.6 Å². The Morgan fingerprint density at radius 2 is 0.563 bits per heavy atom. The highest BCUT2D eigenvalue weighted by atomic mass is 19.1. The lowest BCUT2D eigenvalue weighted by molar-refractivity contribution is 0.395. The third-order valence-electron chi connectivity index (χ3n) is 17.8. The third-order valence-corrected chi connectivity index (χ3v) is 17.8. The maximum Gasteiger partial charge on any atom is 0.131 e. The molecule has 3 aromatic heterocycles. The molecular weight excluding hydrogens is 1280 g/mol. The summed E-state index contributed by atoms with van der Waals surface area (Å²) in [6.07, 6.45) is 0. The minimum absolute atomic E-state index is 0.286. The van der Waals surface area contributed by atoms with Gasteiger partial charge in [-0.15, -0.1) is 0 Å². The summed E-state index contributed by atoms with van der Waals surface area (Å²) in [6.45, 7) is 6.19. The van der Waals surface area contributed by atoms with E-state index in [2.05, 4.69) is 237 Å². The highest BCUT2D eigenvalue weighted by Gasteiger charge is 2.19. The zero-order valence-electron chi connectivity index (χ0n) is 59.0.